The Morgan fingerprint density at radius 3 is 2.55 bits per heavy atom. The van der Waals surface area contributed by atoms with Gasteiger partial charge in [-0.05, 0) is 49.7 Å². The molecule has 2 rings (SSSR count). The summed E-state index contributed by atoms with van der Waals surface area (Å²) in [5.41, 5.74) is 0.908. The molecule has 1 aromatic rings. The van der Waals surface area contributed by atoms with Gasteiger partial charge < -0.3 is 5.11 Å². The molecule has 1 atom stereocenters. The SMILES string of the molecule is O=C(O)CC(c1cc(Br)ccc1Cl)N1CCCCCC1. The van der Waals surface area contributed by atoms with Crippen molar-refractivity contribution in [1.82, 2.24) is 4.90 Å². The van der Waals surface area contributed by atoms with Crippen LogP contribution in [0.5, 0.6) is 0 Å². The predicted octanol–water partition coefficient (Wildman–Crippen LogP) is 4.49. The van der Waals surface area contributed by atoms with Gasteiger partial charge in [0.1, 0.15) is 0 Å². The largest absolute Gasteiger partial charge is 0.481 e. The van der Waals surface area contributed by atoms with Crippen LogP contribution < -0.4 is 0 Å². The molecule has 0 saturated carbocycles. The van der Waals surface area contributed by atoms with Gasteiger partial charge in [0.05, 0.1) is 6.42 Å². The minimum atomic E-state index is -0.782. The average Bonchev–Trinajstić information content (AvgIpc) is 2.67. The van der Waals surface area contributed by atoms with Crippen LogP contribution in [0.2, 0.25) is 5.02 Å². The highest BCUT2D eigenvalue weighted by molar-refractivity contribution is 9.10. The van der Waals surface area contributed by atoms with Crippen LogP contribution in [0.25, 0.3) is 0 Å². The molecule has 5 heteroatoms. The summed E-state index contributed by atoms with van der Waals surface area (Å²) in [5.74, 6) is -0.782. The van der Waals surface area contributed by atoms with Crippen LogP contribution in [0.4, 0.5) is 0 Å². The predicted molar refractivity (Wildman–Crippen MR) is 84.2 cm³/mol. The standard InChI is InChI=1S/C15H19BrClNO2/c16-11-5-6-13(17)12(9-11)14(10-15(19)20)18-7-3-1-2-4-8-18/h5-6,9,14H,1-4,7-8,10H2,(H,19,20). The van der Waals surface area contributed by atoms with E-state index in [9.17, 15) is 9.90 Å². The zero-order chi connectivity index (χ0) is 14.5. The third-order valence-corrected chi connectivity index (χ3v) is 4.60. The lowest BCUT2D eigenvalue weighted by atomic mass is 10.0. The summed E-state index contributed by atoms with van der Waals surface area (Å²) >= 11 is 9.74. The molecular weight excluding hydrogens is 342 g/mol. The van der Waals surface area contributed by atoms with Gasteiger partial charge in [-0.1, -0.05) is 40.4 Å². The highest BCUT2D eigenvalue weighted by Crippen LogP contribution is 2.33. The number of carboxylic acid groups (broad SMARTS) is 1. The van der Waals surface area contributed by atoms with Crippen LogP contribution in [-0.2, 0) is 4.79 Å². The highest BCUT2D eigenvalue weighted by Gasteiger charge is 2.25. The number of hydrogen-bond acceptors (Lipinski definition) is 2. The summed E-state index contributed by atoms with van der Waals surface area (Å²) in [4.78, 5) is 13.5. The van der Waals surface area contributed by atoms with E-state index in [1.165, 1.54) is 12.8 Å². The van der Waals surface area contributed by atoms with Crippen molar-refractivity contribution < 1.29 is 9.90 Å². The van der Waals surface area contributed by atoms with E-state index in [0.29, 0.717) is 5.02 Å². The molecule has 1 N–H and O–H groups in total. The molecule has 1 heterocycles. The van der Waals surface area contributed by atoms with Crippen molar-refractivity contribution >= 4 is 33.5 Å². The topological polar surface area (TPSA) is 40.5 Å². The van der Waals surface area contributed by atoms with Crippen LogP contribution >= 0.6 is 27.5 Å². The van der Waals surface area contributed by atoms with E-state index in [1.54, 1.807) is 0 Å². The van der Waals surface area contributed by atoms with E-state index in [2.05, 4.69) is 20.8 Å². The lowest BCUT2D eigenvalue weighted by Crippen LogP contribution is -2.31. The molecule has 0 amide bonds. The van der Waals surface area contributed by atoms with Crippen LogP contribution in [-0.4, -0.2) is 29.1 Å². The van der Waals surface area contributed by atoms with Crippen LogP contribution in [0.15, 0.2) is 22.7 Å². The smallest absolute Gasteiger partial charge is 0.305 e. The molecule has 1 aromatic carbocycles. The Kier molecular flexibility index (Phi) is 5.87. The van der Waals surface area contributed by atoms with Crippen LogP contribution in [0, 0.1) is 0 Å². The first kappa shape index (κ1) is 15.8. The van der Waals surface area contributed by atoms with Gasteiger partial charge in [-0.25, -0.2) is 0 Å². The van der Waals surface area contributed by atoms with Gasteiger partial charge in [-0.3, -0.25) is 9.69 Å². The molecule has 3 nitrogen and oxygen atoms in total. The Morgan fingerprint density at radius 2 is 1.95 bits per heavy atom. The normalized spacial score (nSPS) is 18.5. The van der Waals surface area contributed by atoms with Crippen molar-refractivity contribution in [3.63, 3.8) is 0 Å². The van der Waals surface area contributed by atoms with Gasteiger partial charge in [-0.15, -0.1) is 0 Å². The summed E-state index contributed by atoms with van der Waals surface area (Å²) in [6.45, 7) is 1.89. The van der Waals surface area contributed by atoms with Gasteiger partial charge in [0.25, 0.3) is 0 Å². The van der Waals surface area contributed by atoms with Crippen molar-refractivity contribution in [3.8, 4) is 0 Å². The second-order valence-corrected chi connectivity index (χ2v) is 6.55. The second-order valence-electron chi connectivity index (χ2n) is 5.23. The summed E-state index contributed by atoms with van der Waals surface area (Å²) in [7, 11) is 0. The van der Waals surface area contributed by atoms with Crippen molar-refractivity contribution in [1.29, 1.82) is 0 Å². The fourth-order valence-electron chi connectivity index (χ4n) is 2.78. The number of hydrogen-bond donors (Lipinski definition) is 1. The summed E-state index contributed by atoms with van der Waals surface area (Å²) in [6, 6.07) is 5.51. The molecule has 1 aliphatic heterocycles. The number of benzene rings is 1. The molecule has 1 fully saturated rings. The van der Waals surface area contributed by atoms with E-state index in [1.807, 2.05) is 18.2 Å². The third-order valence-electron chi connectivity index (χ3n) is 3.77. The molecular formula is C15H19BrClNO2. The van der Waals surface area contributed by atoms with E-state index >= 15 is 0 Å². The van der Waals surface area contributed by atoms with Gasteiger partial charge in [0.15, 0.2) is 0 Å². The van der Waals surface area contributed by atoms with E-state index in [4.69, 9.17) is 11.6 Å². The second kappa shape index (κ2) is 7.43. The van der Waals surface area contributed by atoms with Crippen molar-refractivity contribution in [2.45, 2.75) is 38.1 Å². The quantitative estimate of drug-likeness (QED) is 0.859. The number of rotatable bonds is 4. The number of nitrogens with zero attached hydrogens (tertiary/aromatic N) is 1. The molecule has 0 radical (unpaired) electrons. The minimum Gasteiger partial charge on any atom is -0.481 e. The first-order chi connectivity index (χ1) is 9.58. The first-order valence-corrected chi connectivity index (χ1v) is 8.16. The van der Waals surface area contributed by atoms with Crippen molar-refractivity contribution in [3.05, 3.63) is 33.3 Å². The van der Waals surface area contributed by atoms with E-state index in [-0.39, 0.29) is 12.5 Å². The fraction of sp³-hybridized carbons (Fsp3) is 0.533. The van der Waals surface area contributed by atoms with Gasteiger partial charge in [0, 0.05) is 15.5 Å². The lowest BCUT2D eigenvalue weighted by molar-refractivity contribution is -0.138. The van der Waals surface area contributed by atoms with Crippen LogP contribution in [0.3, 0.4) is 0 Å². The van der Waals surface area contributed by atoms with Gasteiger partial charge in [0.2, 0.25) is 0 Å². The molecule has 0 spiro atoms. The summed E-state index contributed by atoms with van der Waals surface area (Å²) in [6.07, 6.45) is 4.80. The molecule has 0 aromatic heterocycles. The number of halogens is 2. The zero-order valence-electron chi connectivity index (χ0n) is 11.3. The minimum absolute atomic E-state index is 0.0934. The Hall–Kier alpha value is -0.580. The number of aliphatic carboxylic acids is 1. The molecule has 0 bridgehead atoms. The summed E-state index contributed by atoms with van der Waals surface area (Å²) in [5, 5.41) is 9.87. The fourth-order valence-corrected chi connectivity index (χ4v) is 3.40. The van der Waals surface area contributed by atoms with Crippen molar-refractivity contribution in [2.24, 2.45) is 0 Å². The van der Waals surface area contributed by atoms with Gasteiger partial charge in [-0.2, -0.15) is 0 Å². The highest BCUT2D eigenvalue weighted by atomic mass is 79.9. The number of carboxylic acids is 1. The Labute approximate surface area is 133 Å². The molecule has 20 heavy (non-hydrogen) atoms. The Bertz CT molecular complexity index is 473. The molecule has 0 aliphatic carbocycles. The maximum atomic E-state index is 11.2. The van der Waals surface area contributed by atoms with E-state index in [0.717, 1.165) is 36.0 Å². The number of likely N-dealkylation sites (tertiary alicyclic amines) is 1. The Balaban J connectivity index is 2.30. The van der Waals surface area contributed by atoms with Gasteiger partial charge >= 0.3 is 5.97 Å². The molecule has 1 saturated heterocycles. The monoisotopic (exact) mass is 359 g/mol. The maximum absolute atomic E-state index is 11.2. The third kappa shape index (κ3) is 4.21. The Morgan fingerprint density at radius 1 is 1.30 bits per heavy atom. The molecule has 1 aliphatic rings. The summed E-state index contributed by atoms with van der Waals surface area (Å²) < 4.78 is 0.933. The van der Waals surface area contributed by atoms with Crippen molar-refractivity contribution in [2.75, 3.05) is 13.1 Å². The zero-order valence-corrected chi connectivity index (χ0v) is 13.7. The maximum Gasteiger partial charge on any atom is 0.305 e. The molecule has 110 valence electrons. The van der Waals surface area contributed by atoms with Crippen LogP contribution in [0.1, 0.15) is 43.7 Å². The average molecular weight is 361 g/mol. The number of carbonyl (C=O) groups is 1. The lowest BCUT2D eigenvalue weighted by Gasteiger charge is -2.30. The first-order valence-electron chi connectivity index (χ1n) is 6.98. The van der Waals surface area contributed by atoms with E-state index < -0.39 is 5.97 Å². The molecule has 1 unspecified atom stereocenters.